The van der Waals surface area contributed by atoms with Crippen molar-refractivity contribution in [1.29, 1.82) is 0 Å². The first-order valence-corrected chi connectivity index (χ1v) is 13.1. The van der Waals surface area contributed by atoms with Gasteiger partial charge in [0.15, 0.2) is 0 Å². The van der Waals surface area contributed by atoms with Crippen LogP contribution in [0.1, 0.15) is 51.7 Å². The second-order valence-electron chi connectivity index (χ2n) is 9.13. The lowest BCUT2D eigenvalue weighted by atomic mass is 10.1. The molecule has 0 saturated heterocycles. The van der Waals surface area contributed by atoms with Crippen LogP contribution in [0.5, 0.6) is 5.75 Å². The molecule has 9 heteroatoms. The Morgan fingerprint density at radius 1 is 1.00 bits per heavy atom. The summed E-state index contributed by atoms with van der Waals surface area (Å²) in [6, 6.07) is 12.3. The van der Waals surface area contributed by atoms with Gasteiger partial charge in [0.1, 0.15) is 17.4 Å². The normalized spacial score (nSPS) is 12.6. The smallest absolute Gasteiger partial charge is 0.325 e. The molecule has 0 aromatic heterocycles. The lowest BCUT2D eigenvalue weighted by Gasteiger charge is -2.24. The monoisotopic (exact) mass is 505 g/mol. The maximum Gasteiger partial charge on any atom is 0.325 e. The van der Waals surface area contributed by atoms with Gasteiger partial charge in [0.2, 0.25) is 10.0 Å². The molecule has 0 unspecified atom stereocenters. The summed E-state index contributed by atoms with van der Waals surface area (Å²) in [5.41, 5.74) is 0.883. The summed E-state index contributed by atoms with van der Waals surface area (Å²) in [6.07, 6.45) is 0.913. The molecule has 0 spiro atoms. The molecule has 2 rings (SSSR count). The van der Waals surface area contributed by atoms with Crippen molar-refractivity contribution in [2.24, 2.45) is 0 Å². The van der Waals surface area contributed by atoms with E-state index in [0.717, 1.165) is 11.1 Å². The van der Waals surface area contributed by atoms with Crippen molar-refractivity contribution in [2.45, 2.75) is 70.4 Å². The summed E-state index contributed by atoms with van der Waals surface area (Å²) in [4.78, 5) is 24.3. The number of carbonyl (C=O) groups excluding carboxylic acids is 2. The van der Waals surface area contributed by atoms with E-state index in [1.807, 2.05) is 6.92 Å². The fraction of sp³-hybridized carbons (Fsp3) is 0.462. The number of benzene rings is 2. The number of ether oxygens (including phenoxy) is 3. The zero-order chi connectivity index (χ0) is 26.1. The van der Waals surface area contributed by atoms with E-state index in [2.05, 4.69) is 4.72 Å². The van der Waals surface area contributed by atoms with E-state index in [0.29, 0.717) is 25.4 Å². The van der Waals surface area contributed by atoms with Crippen molar-refractivity contribution in [2.75, 3.05) is 13.2 Å². The lowest BCUT2D eigenvalue weighted by Crippen LogP contribution is -2.45. The average Bonchev–Trinajstić information content (AvgIpc) is 2.76. The molecule has 0 aliphatic carbocycles. The lowest BCUT2D eigenvalue weighted by molar-refractivity contribution is -0.157. The Morgan fingerprint density at radius 2 is 1.63 bits per heavy atom. The summed E-state index contributed by atoms with van der Waals surface area (Å²) >= 11 is 0. The van der Waals surface area contributed by atoms with Crippen molar-refractivity contribution in [3.05, 3.63) is 59.7 Å². The van der Waals surface area contributed by atoms with E-state index in [9.17, 15) is 18.0 Å². The molecule has 35 heavy (non-hydrogen) atoms. The first-order chi connectivity index (χ1) is 16.4. The van der Waals surface area contributed by atoms with Gasteiger partial charge in [-0.15, -0.1) is 0 Å². The Morgan fingerprint density at radius 3 is 2.20 bits per heavy atom. The van der Waals surface area contributed by atoms with Crippen LogP contribution in [0.3, 0.4) is 0 Å². The van der Waals surface area contributed by atoms with Crippen molar-refractivity contribution in [1.82, 2.24) is 4.72 Å². The number of hydrogen-bond donors (Lipinski definition) is 1. The third-order valence-electron chi connectivity index (χ3n) is 4.78. The number of sulfonamides is 1. The zero-order valence-corrected chi connectivity index (χ0v) is 21.8. The predicted octanol–water partition coefficient (Wildman–Crippen LogP) is 3.95. The number of aryl methyl sites for hydroxylation is 1. The maximum atomic E-state index is 12.9. The van der Waals surface area contributed by atoms with Crippen molar-refractivity contribution in [3.63, 3.8) is 0 Å². The minimum atomic E-state index is -3.94. The quantitative estimate of drug-likeness (QED) is 0.344. The van der Waals surface area contributed by atoms with Crippen LogP contribution in [-0.4, -0.2) is 45.2 Å². The molecule has 0 bridgehead atoms. The van der Waals surface area contributed by atoms with Crippen molar-refractivity contribution in [3.8, 4) is 5.75 Å². The highest BCUT2D eigenvalue weighted by Crippen LogP contribution is 2.18. The third-order valence-corrected chi connectivity index (χ3v) is 6.27. The minimum absolute atomic E-state index is 0.0724. The van der Waals surface area contributed by atoms with E-state index < -0.39 is 27.6 Å². The molecule has 2 aromatic rings. The second-order valence-corrected chi connectivity index (χ2v) is 10.8. The van der Waals surface area contributed by atoms with E-state index in [-0.39, 0.29) is 23.7 Å². The van der Waals surface area contributed by atoms with Crippen LogP contribution in [0.15, 0.2) is 53.4 Å². The van der Waals surface area contributed by atoms with Crippen molar-refractivity contribution >= 4 is 22.0 Å². The van der Waals surface area contributed by atoms with Gasteiger partial charge in [0.25, 0.3) is 0 Å². The molecule has 0 heterocycles. The first-order valence-electron chi connectivity index (χ1n) is 11.6. The van der Waals surface area contributed by atoms with Crippen LogP contribution in [0.25, 0.3) is 0 Å². The molecule has 0 saturated carbocycles. The number of rotatable bonds is 12. The summed E-state index contributed by atoms with van der Waals surface area (Å²) in [6.45, 7) is 9.51. The molecule has 1 N–H and O–H groups in total. The Labute approximate surface area is 208 Å². The van der Waals surface area contributed by atoms with Gasteiger partial charge >= 0.3 is 11.9 Å². The SMILES string of the molecule is CCOC(=O)CCCOc1ccc(C[C@H](NS(=O)(=O)c2ccc(C)cc2)C(=O)OC(C)(C)C)cc1. The van der Waals surface area contributed by atoms with Gasteiger partial charge in [-0.05, 0) is 77.3 Å². The number of nitrogens with one attached hydrogen (secondary N) is 1. The molecule has 0 radical (unpaired) electrons. The molecule has 0 fully saturated rings. The fourth-order valence-electron chi connectivity index (χ4n) is 3.12. The highest BCUT2D eigenvalue weighted by molar-refractivity contribution is 7.89. The van der Waals surface area contributed by atoms with Crippen molar-refractivity contribution < 1.29 is 32.2 Å². The molecule has 0 aliphatic rings. The second kappa shape index (κ2) is 12.7. The van der Waals surface area contributed by atoms with Crippen LogP contribution in [0, 0.1) is 6.92 Å². The Hall–Kier alpha value is -2.91. The van der Waals surface area contributed by atoms with E-state index in [4.69, 9.17) is 14.2 Å². The minimum Gasteiger partial charge on any atom is -0.494 e. The summed E-state index contributed by atoms with van der Waals surface area (Å²) < 4.78 is 44.4. The number of carbonyl (C=O) groups is 2. The molecule has 1 atom stereocenters. The Bertz CT molecular complexity index is 1070. The number of esters is 2. The molecular formula is C26H35NO7S. The van der Waals surface area contributed by atoms with Crippen LogP contribution >= 0.6 is 0 Å². The topological polar surface area (TPSA) is 108 Å². The molecule has 8 nitrogen and oxygen atoms in total. The zero-order valence-electron chi connectivity index (χ0n) is 21.0. The summed E-state index contributed by atoms with van der Waals surface area (Å²) in [5.74, 6) is -0.313. The van der Waals surface area contributed by atoms with Crippen LogP contribution < -0.4 is 9.46 Å². The van der Waals surface area contributed by atoms with Gasteiger partial charge in [-0.25, -0.2) is 8.42 Å². The van der Waals surface area contributed by atoms with Crippen LogP contribution in [0.4, 0.5) is 0 Å². The predicted molar refractivity (Wildman–Crippen MR) is 133 cm³/mol. The van der Waals surface area contributed by atoms with E-state index >= 15 is 0 Å². The highest BCUT2D eigenvalue weighted by atomic mass is 32.2. The molecule has 0 amide bonds. The van der Waals surface area contributed by atoms with Gasteiger partial charge in [-0.2, -0.15) is 4.72 Å². The van der Waals surface area contributed by atoms with Gasteiger partial charge in [0, 0.05) is 6.42 Å². The summed E-state index contributed by atoms with van der Waals surface area (Å²) in [5, 5.41) is 0. The average molecular weight is 506 g/mol. The molecule has 0 aliphatic heterocycles. The molecule has 192 valence electrons. The van der Waals surface area contributed by atoms with Gasteiger partial charge < -0.3 is 14.2 Å². The molecular weight excluding hydrogens is 470 g/mol. The van der Waals surface area contributed by atoms with Crippen LogP contribution in [0.2, 0.25) is 0 Å². The van der Waals surface area contributed by atoms with Gasteiger partial charge in [0.05, 0.1) is 18.1 Å². The molecule has 2 aromatic carbocycles. The third kappa shape index (κ3) is 10.1. The highest BCUT2D eigenvalue weighted by Gasteiger charge is 2.30. The first kappa shape index (κ1) is 28.3. The Balaban J connectivity index is 2.08. The Kier molecular flexibility index (Phi) is 10.3. The van der Waals surface area contributed by atoms with Gasteiger partial charge in [-0.3, -0.25) is 9.59 Å². The van der Waals surface area contributed by atoms with E-state index in [1.54, 1.807) is 64.1 Å². The standard InChI is InChI=1S/C26H35NO7S/c1-6-32-24(28)8-7-17-33-21-13-11-20(12-14-21)18-23(25(29)34-26(3,4)5)27-35(30,31)22-15-9-19(2)10-16-22/h9-16,23,27H,6-8,17-18H2,1-5H3/t23-/m0/s1. The van der Waals surface area contributed by atoms with Crippen LogP contribution in [-0.2, 0) is 35.5 Å². The largest absolute Gasteiger partial charge is 0.494 e. The van der Waals surface area contributed by atoms with E-state index in [1.165, 1.54) is 12.1 Å². The van der Waals surface area contributed by atoms with Gasteiger partial charge in [-0.1, -0.05) is 29.8 Å². The number of hydrogen-bond acceptors (Lipinski definition) is 7. The fourth-order valence-corrected chi connectivity index (χ4v) is 4.30. The maximum absolute atomic E-state index is 12.9. The summed E-state index contributed by atoms with van der Waals surface area (Å²) in [7, 11) is -3.94.